The molecule has 1 aliphatic rings. The number of thioether (sulfide) groups is 1. The van der Waals surface area contributed by atoms with Crippen LogP contribution in [0.5, 0.6) is 0 Å². The van der Waals surface area contributed by atoms with E-state index in [0.29, 0.717) is 5.56 Å². The molecule has 1 aliphatic heterocycles. The van der Waals surface area contributed by atoms with Crippen LogP contribution in [0.3, 0.4) is 0 Å². The Morgan fingerprint density at radius 1 is 1.46 bits per heavy atom. The fourth-order valence-corrected chi connectivity index (χ4v) is 3.94. The molecule has 1 amide bonds. The number of hydrogen-bond donors (Lipinski definition) is 2. The number of aromatic nitrogens is 1. The molecule has 0 fully saturated rings. The summed E-state index contributed by atoms with van der Waals surface area (Å²) in [5.41, 5.74) is 4.03. The Bertz CT molecular complexity index is 745. The minimum Gasteiger partial charge on any atom is -0.466 e. The third kappa shape index (κ3) is 4.20. The Labute approximate surface area is 155 Å². The van der Waals surface area contributed by atoms with Crippen molar-refractivity contribution in [1.82, 2.24) is 4.98 Å². The first-order valence-corrected chi connectivity index (χ1v) is 8.99. The summed E-state index contributed by atoms with van der Waals surface area (Å²) in [5, 5.41) is 20.9. The number of nitrogens with two attached hydrogens (primary N) is 1. The lowest BCUT2D eigenvalue weighted by atomic mass is 9.71. The summed E-state index contributed by atoms with van der Waals surface area (Å²) in [6, 6.07) is 5.51. The molecule has 2 heterocycles. The molecule has 26 heavy (non-hydrogen) atoms. The number of esters is 1. The van der Waals surface area contributed by atoms with Crippen LogP contribution >= 0.6 is 11.8 Å². The number of carbonyl (C=O) groups excluding carboxylic acids is 2. The highest BCUT2D eigenvalue weighted by molar-refractivity contribution is 8.14. The third-order valence-electron chi connectivity index (χ3n) is 4.04. The molecule has 0 saturated heterocycles. The minimum absolute atomic E-state index is 0.0831. The Hall–Kier alpha value is -2.44. The van der Waals surface area contributed by atoms with Gasteiger partial charge in [-0.1, -0.05) is 11.8 Å². The molecule has 9 heteroatoms. The molecular formula is C17H20N4O4S. The molecule has 0 aliphatic carbocycles. The molecule has 0 saturated carbocycles. The smallest absolute Gasteiger partial charge is 0.314 e. The summed E-state index contributed by atoms with van der Waals surface area (Å²) in [6.07, 6.45) is 3.09. The average molecular weight is 376 g/mol. The van der Waals surface area contributed by atoms with Crippen molar-refractivity contribution >= 4 is 28.7 Å². The van der Waals surface area contributed by atoms with Crippen LogP contribution in [-0.4, -0.2) is 45.1 Å². The highest BCUT2D eigenvalue weighted by Crippen LogP contribution is 2.45. The molecule has 0 spiro atoms. The van der Waals surface area contributed by atoms with Crippen LogP contribution < -0.4 is 5.73 Å². The SMILES string of the molecule is CCOC(=O)[C@H]1[C@H](c2ccncc2)[C@H](C#N)C(SCC(N)=O)=N[C@@]1(C)O. The van der Waals surface area contributed by atoms with E-state index in [-0.39, 0.29) is 17.4 Å². The van der Waals surface area contributed by atoms with E-state index in [1.807, 2.05) is 0 Å². The van der Waals surface area contributed by atoms with Crippen molar-refractivity contribution in [2.45, 2.75) is 25.5 Å². The van der Waals surface area contributed by atoms with Gasteiger partial charge in [0.2, 0.25) is 5.91 Å². The molecule has 0 unspecified atom stereocenters. The summed E-state index contributed by atoms with van der Waals surface area (Å²) in [6.45, 7) is 3.19. The summed E-state index contributed by atoms with van der Waals surface area (Å²) in [5.74, 6) is -3.90. The zero-order valence-electron chi connectivity index (χ0n) is 14.5. The molecule has 138 valence electrons. The van der Waals surface area contributed by atoms with Gasteiger partial charge in [0.1, 0.15) is 11.8 Å². The third-order valence-corrected chi connectivity index (χ3v) is 5.11. The van der Waals surface area contributed by atoms with Crippen LogP contribution in [0.1, 0.15) is 25.3 Å². The van der Waals surface area contributed by atoms with Crippen molar-refractivity contribution in [2.75, 3.05) is 12.4 Å². The predicted molar refractivity (Wildman–Crippen MR) is 95.9 cm³/mol. The maximum absolute atomic E-state index is 12.6. The molecule has 4 atom stereocenters. The molecule has 3 N–H and O–H groups in total. The number of aliphatic imine (C=N–C) groups is 1. The molecule has 1 aromatic rings. The standard InChI is InChI=1S/C17H20N4O4S/c1-3-25-16(23)14-13(10-4-6-20-7-5-10)11(8-18)15(21-17(14,2)24)26-9-12(19)22/h4-7,11,13-14,24H,3,9H2,1-2H3,(H2,19,22)/t11-,13+,14+,17-/m0/s1. The topological polar surface area (TPSA) is 139 Å². The summed E-state index contributed by atoms with van der Waals surface area (Å²) in [4.78, 5) is 31.8. The number of aliphatic hydroxyl groups is 1. The number of nitriles is 1. The van der Waals surface area contributed by atoms with Crippen LogP contribution in [0.2, 0.25) is 0 Å². The molecular weight excluding hydrogens is 356 g/mol. The van der Waals surface area contributed by atoms with E-state index < -0.39 is 35.4 Å². The number of hydrogen-bond acceptors (Lipinski definition) is 8. The van der Waals surface area contributed by atoms with E-state index in [1.54, 1.807) is 31.5 Å². The van der Waals surface area contributed by atoms with E-state index >= 15 is 0 Å². The van der Waals surface area contributed by atoms with Crippen LogP contribution in [0, 0.1) is 23.2 Å². The fraction of sp³-hybridized carbons (Fsp3) is 0.471. The number of carbonyl (C=O) groups is 2. The van der Waals surface area contributed by atoms with Crippen LogP contribution in [-0.2, 0) is 14.3 Å². The van der Waals surface area contributed by atoms with Gasteiger partial charge in [-0.25, -0.2) is 4.99 Å². The van der Waals surface area contributed by atoms with Gasteiger partial charge in [-0.3, -0.25) is 14.6 Å². The second-order valence-electron chi connectivity index (χ2n) is 5.94. The summed E-state index contributed by atoms with van der Waals surface area (Å²) >= 11 is 0.991. The highest BCUT2D eigenvalue weighted by Gasteiger charge is 2.52. The Balaban J connectivity index is 2.56. The van der Waals surface area contributed by atoms with Gasteiger partial charge >= 0.3 is 5.97 Å². The normalized spacial score (nSPS) is 27.9. The van der Waals surface area contributed by atoms with Gasteiger partial charge in [0.25, 0.3) is 0 Å². The fourth-order valence-electron chi connectivity index (χ4n) is 3.02. The summed E-state index contributed by atoms with van der Waals surface area (Å²) in [7, 11) is 0. The maximum Gasteiger partial charge on any atom is 0.314 e. The second kappa shape index (κ2) is 8.29. The minimum atomic E-state index is -1.80. The zero-order chi connectivity index (χ0) is 19.3. The van der Waals surface area contributed by atoms with Crippen molar-refractivity contribution in [2.24, 2.45) is 22.6 Å². The average Bonchev–Trinajstić information content (AvgIpc) is 2.59. The van der Waals surface area contributed by atoms with Crippen molar-refractivity contribution in [3.8, 4) is 6.07 Å². The lowest BCUT2D eigenvalue weighted by Crippen LogP contribution is -2.50. The Morgan fingerprint density at radius 2 is 2.12 bits per heavy atom. The number of pyridine rings is 1. The lowest BCUT2D eigenvalue weighted by Gasteiger charge is -2.41. The lowest BCUT2D eigenvalue weighted by molar-refractivity contribution is -0.159. The van der Waals surface area contributed by atoms with Crippen LogP contribution in [0.25, 0.3) is 0 Å². The van der Waals surface area contributed by atoms with E-state index in [4.69, 9.17) is 10.5 Å². The summed E-state index contributed by atoms with van der Waals surface area (Å²) < 4.78 is 5.12. The van der Waals surface area contributed by atoms with Gasteiger partial charge in [0.15, 0.2) is 5.72 Å². The van der Waals surface area contributed by atoms with Crippen molar-refractivity contribution in [3.63, 3.8) is 0 Å². The molecule has 0 aromatic carbocycles. The van der Waals surface area contributed by atoms with Crippen LogP contribution in [0.4, 0.5) is 0 Å². The highest BCUT2D eigenvalue weighted by atomic mass is 32.2. The maximum atomic E-state index is 12.6. The number of amides is 1. The number of primary amides is 1. The van der Waals surface area contributed by atoms with Crippen LogP contribution in [0.15, 0.2) is 29.5 Å². The molecule has 8 nitrogen and oxygen atoms in total. The molecule has 1 aromatic heterocycles. The predicted octanol–water partition coefficient (Wildman–Crippen LogP) is 0.823. The quantitative estimate of drug-likeness (QED) is 0.725. The first-order valence-electron chi connectivity index (χ1n) is 8.01. The van der Waals surface area contributed by atoms with Gasteiger partial charge in [-0.2, -0.15) is 5.26 Å². The second-order valence-corrected chi connectivity index (χ2v) is 6.94. The van der Waals surface area contributed by atoms with Gasteiger partial charge in [0, 0.05) is 18.3 Å². The Morgan fingerprint density at radius 3 is 2.65 bits per heavy atom. The number of ether oxygens (including phenoxy) is 1. The largest absolute Gasteiger partial charge is 0.466 e. The Kier molecular flexibility index (Phi) is 6.34. The van der Waals surface area contributed by atoms with Gasteiger partial charge in [-0.15, -0.1) is 0 Å². The zero-order valence-corrected chi connectivity index (χ0v) is 15.3. The number of nitrogens with zero attached hydrogens (tertiary/aromatic N) is 3. The van der Waals surface area contributed by atoms with Gasteiger partial charge in [-0.05, 0) is 31.5 Å². The van der Waals surface area contributed by atoms with E-state index in [2.05, 4.69) is 16.0 Å². The van der Waals surface area contributed by atoms with Gasteiger partial charge in [0.05, 0.1) is 23.5 Å². The number of rotatable bonds is 5. The van der Waals surface area contributed by atoms with E-state index in [9.17, 15) is 20.0 Å². The van der Waals surface area contributed by atoms with E-state index in [1.165, 1.54) is 6.92 Å². The monoisotopic (exact) mass is 376 g/mol. The van der Waals surface area contributed by atoms with Crippen molar-refractivity contribution in [3.05, 3.63) is 30.1 Å². The molecule has 2 rings (SSSR count). The first-order chi connectivity index (χ1) is 12.3. The molecule has 0 bridgehead atoms. The molecule has 0 radical (unpaired) electrons. The first kappa shape index (κ1) is 19.9. The van der Waals surface area contributed by atoms with Crippen molar-refractivity contribution < 1.29 is 19.4 Å². The van der Waals surface area contributed by atoms with Gasteiger partial charge < -0.3 is 15.6 Å². The van der Waals surface area contributed by atoms with Crippen molar-refractivity contribution in [1.29, 1.82) is 5.26 Å². The van der Waals surface area contributed by atoms with E-state index in [0.717, 1.165) is 11.8 Å².